The highest BCUT2D eigenvalue weighted by molar-refractivity contribution is 6.31. The maximum Gasteiger partial charge on any atom is 0.305 e. The fourth-order valence-corrected chi connectivity index (χ4v) is 2.40. The molecule has 0 saturated heterocycles. The predicted molar refractivity (Wildman–Crippen MR) is 67.5 cm³/mol. The molecular formula is C13H13ClFNO3. The van der Waals surface area contributed by atoms with Crippen molar-refractivity contribution in [1.82, 2.24) is 5.32 Å². The molecule has 2 atom stereocenters. The van der Waals surface area contributed by atoms with Crippen LogP contribution in [0.3, 0.4) is 0 Å². The van der Waals surface area contributed by atoms with Crippen LogP contribution in [0.1, 0.15) is 24.3 Å². The van der Waals surface area contributed by atoms with Gasteiger partial charge in [0.2, 0.25) is 5.91 Å². The molecule has 1 aromatic rings. The average Bonchev–Trinajstić information content (AvgIpc) is 3.08. The van der Waals surface area contributed by atoms with E-state index in [1.807, 2.05) is 0 Å². The van der Waals surface area contributed by atoms with Crippen LogP contribution in [0.2, 0.25) is 5.02 Å². The molecule has 1 fully saturated rings. The van der Waals surface area contributed by atoms with Gasteiger partial charge in [-0.3, -0.25) is 9.59 Å². The van der Waals surface area contributed by atoms with Crippen molar-refractivity contribution in [2.45, 2.75) is 18.8 Å². The first-order chi connectivity index (χ1) is 9.00. The maximum atomic E-state index is 13.6. The van der Waals surface area contributed by atoms with Crippen LogP contribution in [-0.2, 0) is 9.59 Å². The Hall–Kier alpha value is -1.62. The van der Waals surface area contributed by atoms with E-state index in [9.17, 15) is 14.0 Å². The smallest absolute Gasteiger partial charge is 0.305 e. The molecule has 102 valence electrons. The summed E-state index contributed by atoms with van der Waals surface area (Å²) >= 11 is 5.93. The lowest BCUT2D eigenvalue weighted by Gasteiger charge is -2.06. The standard InChI is InChI=1S/C13H13ClFNO3/c14-9-2-1-3-10(15)12(9)7-6-8(7)13(19)16-5-4-11(17)18/h1-3,7-8H,4-6H2,(H,16,19)(H,17,18)/t7-,8-/m1/s1. The molecular weight excluding hydrogens is 273 g/mol. The van der Waals surface area contributed by atoms with Crippen LogP contribution in [0.15, 0.2) is 18.2 Å². The molecule has 2 rings (SSSR count). The topological polar surface area (TPSA) is 66.4 Å². The van der Waals surface area contributed by atoms with Gasteiger partial charge in [0, 0.05) is 29.0 Å². The minimum absolute atomic E-state index is 0.0857. The molecule has 0 spiro atoms. The number of benzene rings is 1. The van der Waals surface area contributed by atoms with Crippen molar-refractivity contribution >= 4 is 23.5 Å². The Labute approximate surface area is 114 Å². The zero-order chi connectivity index (χ0) is 14.0. The Balaban J connectivity index is 1.93. The summed E-state index contributed by atoms with van der Waals surface area (Å²) in [4.78, 5) is 22.0. The molecule has 0 aliphatic heterocycles. The SMILES string of the molecule is O=C(O)CCNC(=O)[C@@H]1C[C@H]1c1c(F)cccc1Cl. The van der Waals surface area contributed by atoms with Crippen LogP contribution in [0.4, 0.5) is 4.39 Å². The Bertz CT molecular complexity index is 500. The van der Waals surface area contributed by atoms with Crippen LogP contribution < -0.4 is 5.32 Å². The molecule has 4 nitrogen and oxygen atoms in total. The number of rotatable bonds is 5. The number of hydrogen-bond donors (Lipinski definition) is 2. The predicted octanol–water partition coefficient (Wildman–Crippen LogP) is 2.17. The van der Waals surface area contributed by atoms with Crippen LogP contribution >= 0.6 is 11.6 Å². The molecule has 6 heteroatoms. The third-order valence-electron chi connectivity index (χ3n) is 3.14. The highest BCUT2D eigenvalue weighted by atomic mass is 35.5. The van der Waals surface area contributed by atoms with E-state index in [1.165, 1.54) is 12.1 Å². The van der Waals surface area contributed by atoms with E-state index < -0.39 is 11.8 Å². The van der Waals surface area contributed by atoms with Crippen molar-refractivity contribution in [3.63, 3.8) is 0 Å². The fourth-order valence-electron chi connectivity index (χ4n) is 2.09. The van der Waals surface area contributed by atoms with E-state index in [0.717, 1.165) is 0 Å². The van der Waals surface area contributed by atoms with Gasteiger partial charge in [-0.2, -0.15) is 0 Å². The summed E-state index contributed by atoms with van der Waals surface area (Å²) in [5.74, 6) is -2.14. The van der Waals surface area contributed by atoms with E-state index in [0.29, 0.717) is 17.0 Å². The molecule has 1 amide bonds. The molecule has 1 aliphatic carbocycles. The minimum Gasteiger partial charge on any atom is -0.481 e. The third kappa shape index (κ3) is 3.23. The zero-order valence-corrected chi connectivity index (χ0v) is 10.8. The summed E-state index contributed by atoms with van der Waals surface area (Å²) in [6.45, 7) is 0.0857. The van der Waals surface area contributed by atoms with Crippen molar-refractivity contribution in [3.8, 4) is 0 Å². The van der Waals surface area contributed by atoms with E-state index in [-0.39, 0.29) is 30.7 Å². The third-order valence-corrected chi connectivity index (χ3v) is 3.47. The van der Waals surface area contributed by atoms with Crippen molar-refractivity contribution in [1.29, 1.82) is 0 Å². The summed E-state index contributed by atoms with van der Waals surface area (Å²) in [5.41, 5.74) is 0.377. The van der Waals surface area contributed by atoms with Crippen LogP contribution in [-0.4, -0.2) is 23.5 Å². The molecule has 0 aromatic heterocycles. The first-order valence-corrected chi connectivity index (χ1v) is 6.32. The number of carboxylic acids is 1. The van der Waals surface area contributed by atoms with Crippen molar-refractivity contribution in [3.05, 3.63) is 34.6 Å². The molecule has 19 heavy (non-hydrogen) atoms. The average molecular weight is 286 g/mol. The van der Waals surface area contributed by atoms with Gasteiger partial charge in [-0.05, 0) is 18.6 Å². The van der Waals surface area contributed by atoms with Crippen molar-refractivity contribution in [2.24, 2.45) is 5.92 Å². The van der Waals surface area contributed by atoms with Crippen LogP contribution in [0.25, 0.3) is 0 Å². The Morgan fingerprint density at radius 3 is 2.84 bits per heavy atom. The lowest BCUT2D eigenvalue weighted by Crippen LogP contribution is -2.27. The lowest BCUT2D eigenvalue weighted by molar-refractivity contribution is -0.136. The van der Waals surface area contributed by atoms with Crippen LogP contribution in [0, 0.1) is 11.7 Å². The maximum absolute atomic E-state index is 13.6. The number of hydrogen-bond acceptors (Lipinski definition) is 2. The van der Waals surface area contributed by atoms with E-state index in [4.69, 9.17) is 16.7 Å². The van der Waals surface area contributed by atoms with Gasteiger partial charge in [0.1, 0.15) is 5.82 Å². The second kappa shape index (κ2) is 5.57. The van der Waals surface area contributed by atoms with Crippen molar-refractivity contribution in [2.75, 3.05) is 6.54 Å². The van der Waals surface area contributed by atoms with Gasteiger partial charge < -0.3 is 10.4 Å². The highest BCUT2D eigenvalue weighted by Crippen LogP contribution is 2.50. The number of carboxylic acid groups (broad SMARTS) is 1. The largest absolute Gasteiger partial charge is 0.481 e. The first kappa shape index (κ1) is 13.8. The van der Waals surface area contributed by atoms with Gasteiger partial charge in [-0.15, -0.1) is 0 Å². The number of aliphatic carboxylic acids is 1. The van der Waals surface area contributed by atoms with Gasteiger partial charge in [0.05, 0.1) is 6.42 Å². The summed E-state index contributed by atoms with van der Waals surface area (Å²) in [6, 6.07) is 4.43. The van der Waals surface area contributed by atoms with Gasteiger partial charge in [0.15, 0.2) is 0 Å². The number of carbonyl (C=O) groups excluding carboxylic acids is 1. The second-order valence-corrected chi connectivity index (χ2v) is 4.93. The number of carbonyl (C=O) groups is 2. The molecule has 2 N–H and O–H groups in total. The molecule has 0 heterocycles. The highest BCUT2D eigenvalue weighted by Gasteiger charge is 2.46. The number of halogens is 2. The number of amides is 1. The van der Waals surface area contributed by atoms with Gasteiger partial charge in [-0.1, -0.05) is 17.7 Å². The lowest BCUT2D eigenvalue weighted by atomic mass is 10.1. The van der Waals surface area contributed by atoms with Gasteiger partial charge >= 0.3 is 5.97 Å². The van der Waals surface area contributed by atoms with Crippen molar-refractivity contribution < 1.29 is 19.1 Å². The zero-order valence-electron chi connectivity index (χ0n) is 10.0. The molecule has 0 unspecified atom stereocenters. The summed E-state index contributed by atoms with van der Waals surface area (Å²) in [7, 11) is 0. The van der Waals surface area contributed by atoms with E-state index >= 15 is 0 Å². The van der Waals surface area contributed by atoms with E-state index in [1.54, 1.807) is 6.07 Å². The second-order valence-electron chi connectivity index (χ2n) is 4.52. The number of nitrogens with one attached hydrogen (secondary N) is 1. The molecule has 1 aliphatic rings. The minimum atomic E-state index is -0.968. The van der Waals surface area contributed by atoms with Gasteiger partial charge in [0.25, 0.3) is 0 Å². The molecule has 0 radical (unpaired) electrons. The fraction of sp³-hybridized carbons (Fsp3) is 0.385. The van der Waals surface area contributed by atoms with E-state index in [2.05, 4.69) is 5.32 Å². The normalized spacial score (nSPS) is 20.9. The summed E-state index contributed by atoms with van der Waals surface area (Å²) in [6.07, 6.45) is 0.420. The molecule has 0 bridgehead atoms. The first-order valence-electron chi connectivity index (χ1n) is 5.94. The van der Waals surface area contributed by atoms with Crippen LogP contribution in [0.5, 0.6) is 0 Å². The Morgan fingerprint density at radius 2 is 2.21 bits per heavy atom. The summed E-state index contributed by atoms with van der Waals surface area (Å²) in [5, 5.41) is 11.3. The van der Waals surface area contributed by atoms with Gasteiger partial charge in [-0.25, -0.2) is 4.39 Å². The molecule has 1 aromatic carbocycles. The summed E-state index contributed by atoms with van der Waals surface area (Å²) < 4.78 is 13.6. The Morgan fingerprint density at radius 1 is 1.47 bits per heavy atom. The Kier molecular flexibility index (Phi) is 4.04. The quantitative estimate of drug-likeness (QED) is 0.871. The molecule has 1 saturated carbocycles. The monoisotopic (exact) mass is 285 g/mol.